The summed E-state index contributed by atoms with van der Waals surface area (Å²) in [5, 5.41) is 13.1. The van der Waals surface area contributed by atoms with E-state index in [2.05, 4.69) is 26.0 Å². The number of carbonyl (C=O) groups is 1. The first kappa shape index (κ1) is 13.7. The van der Waals surface area contributed by atoms with Gasteiger partial charge in [0.15, 0.2) is 0 Å². The Morgan fingerprint density at radius 1 is 1.26 bits per heavy atom. The first-order valence-electron chi connectivity index (χ1n) is 5.76. The minimum absolute atomic E-state index is 0.187. The summed E-state index contributed by atoms with van der Waals surface area (Å²) in [6, 6.07) is 7.48. The number of carboxylic acids is 1. The summed E-state index contributed by atoms with van der Waals surface area (Å²) in [6.45, 7) is 5.91. The lowest BCUT2D eigenvalue weighted by Gasteiger charge is -2.18. The van der Waals surface area contributed by atoms with Crippen LogP contribution in [0.3, 0.4) is 0 Å². The van der Waals surface area contributed by atoms with Crippen LogP contribution in [0.5, 0.6) is 0 Å². The smallest absolute Gasteiger partial charge is 0.375 e. The Bertz CT molecular complexity index is 612. The number of hydrogen-bond acceptors (Lipinski definition) is 3. The summed E-state index contributed by atoms with van der Waals surface area (Å²) >= 11 is 3.37. The molecule has 0 fully saturated rings. The second kappa shape index (κ2) is 4.77. The molecule has 0 saturated carbocycles. The van der Waals surface area contributed by atoms with E-state index in [-0.39, 0.29) is 11.2 Å². The van der Waals surface area contributed by atoms with Crippen molar-refractivity contribution >= 4 is 21.9 Å². The molecule has 0 spiro atoms. The Morgan fingerprint density at radius 2 is 1.84 bits per heavy atom. The van der Waals surface area contributed by atoms with Gasteiger partial charge < -0.3 is 5.11 Å². The van der Waals surface area contributed by atoms with E-state index in [0.29, 0.717) is 5.82 Å². The fraction of sp³-hybridized carbons (Fsp3) is 0.308. The highest BCUT2D eigenvalue weighted by atomic mass is 79.9. The first-order chi connectivity index (χ1) is 8.79. The zero-order chi connectivity index (χ0) is 14.2. The second-order valence-electron chi connectivity index (χ2n) is 5.20. The van der Waals surface area contributed by atoms with Gasteiger partial charge in [-0.1, -0.05) is 36.7 Å². The molecule has 6 heteroatoms. The molecule has 1 N–H and O–H groups in total. The Morgan fingerprint density at radius 3 is 2.32 bits per heavy atom. The largest absolute Gasteiger partial charge is 0.475 e. The van der Waals surface area contributed by atoms with Gasteiger partial charge in [-0.15, -0.1) is 5.10 Å². The normalized spacial score (nSPS) is 11.6. The molecule has 0 aliphatic rings. The van der Waals surface area contributed by atoms with Gasteiger partial charge in [0.2, 0.25) is 0 Å². The third-order valence-corrected chi connectivity index (χ3v) is 3.07. The van der Waals surface area contributed by atoms with Gasteiger partial charge in [0.05, 0.1) is 5.69 Å². The molecular formula is C13H14BrN3O2. The average Bonchev–Trinajstić information content (AvgIpc) is 2.74. The van der Waals surface area contributed by atoms with E-state index in [1.807, 2.05) is 45.0 Å². The van der Waals surface area contributed by atoms with Crippen LogP contribution in [0.4, 0.5) is 0 Å². The van der Waals surface area contributed by atoms with Crippen molar-refractivity contribution in [2.75, 3.05) is 0 Å². The number of nitrogens with zero attached hydrogens (tertiary/aromatic N) is 3. The molecule has 2 rings (SSSR count). The second-order valence-corrected chi connectivity index (χ2v) is 6.12. The lowest BCUT2D eigenvalue weighted by atomic mass is 9.95. The van der Waals surface area contributed by atoms with Gasteiger partial charge in [0, 0.05) is 9.89 Å². The van der Waals surface area contributed by atoms with Crippen molar-refractivity contribution in [2.45, 2.75) is 26.2 Å². The fourth-order valence-corrected chi connectivity index (χ4v) is 1.91. The highest BCUT2D eigenvalue weighted by Gasteiger charge is 2.25. The molecule has 0 aliphatic heterocycles. The summed E-state index contributed by atoms with van der Waals surface area (Å²) in [5.74, 6) is -0.693. The Labute approximate surface area is 119 Å². The van der Waals surface area contributed by atoms with Crippen LogP contribution in [0, 0.1) is 0 Å². The molecule has 1 heterocycles. The van der Waals surface area contributed by atoms with Crippen LogP contribution in [0.2, 0.25) is 0 Å². The average molecular weight is 324 g/mol. The predicted octanol–water partition coefficient (Wildman–Crippen LogP) is 3.03. The number of benzene rings is 1. The quantitative estimate of drug-likeness (QED) is 0.922. The van der Waals surface area contributed by atoms with Gasteiger partial charge in [0.1, 0.15) is 5.82 Å². The van der Waals surface area contributed by atoms with Gasteiger partial charge in [-0.2, -0.15) is 0 Å². The van der Waals surface area contributed by atoms with E-state index in [9.17, 15) is 4.79 Å². The van der Waals surface area contributed by atoms with Gasteiger partial charge in [0.25, 0.3) is 5.82 Å². The van der Waals surface area contributed by atoms with Crippen molar-refractivity contribution in [2.24, 2.45) is 0 Å². The molecule has 1 aromatic carbocycles. The minimum Gasteiger partial charge on any atom is -0.475 e. The lowest BCUT2D eigenvalue weighted by molar-refractivity contribution is 0.0683. The van der Waals surface area contributed by atoms with E-state index >= 15 is 0 Å². The van der Waals surface area contributed by atoms with Crippen LogP contribution in [0.25, 0.3) is 5.69 Å². The van der Waals surface area contributed by atoms with Crippen LogP contribution in [-0.4, -0.2) is 25.8 Å². The zero-order valence-corrected chi connectivity index (χ0v) is 12.5. The van der Waals surface area contributed by atoms with E-state index in [1.54, 1.807) is 4.68 Å². The summed E-state index contributed by atoms with van der Waals surface area (Å²) in [4.78, 5) is 15.2. The fourth-order valence-electron chi connectivity index (χ4n) is 1.65. The first-order valence-corrected chi connectivity index (χ1v) is 6.55. The number of aromatic nitrogens is 3. The summed E-state index contributed by atoms with van der Waals surface area (Å²) in [6.07, 6.45) is 0. The van der Waals surface area contributed by atoms with Gasteiger partial charge in [-0.3, -0.25) is 0 Å². The molecule has 0 amide bonds. The summed E-state index contributed by atoms with van der Waals surface area (Å²) in [5.41, 5.74) is 0.487. The van der Waals surface area contributed by atoms with Gasteiger partial charge in [-0.25, -0.2) is 14.5 Å². The number of rotatable bonds is 2. The zero-order valence-electron chi connectivity index (χ0n) is 10.9. The summed E-state index contributed by atoms with van der Waals surface area (Å²) < 4.78 is 2.53. The topological polar surface area (TPSA) is 68.0 Å². The molecule has 100 valence electrons. The number of halogens is 1. The third kappa shape index (κ3) is 2.84. The minimum atomic E-state index is -1.12. The van der Waals surface area contributed by atoms with Crippen LogP contribution >= 0.6 is 15.9 Å². The van der Waals surface area contributed by atoms with Crippen molar-refractivity contribution < 1.29 is 9.90 Å². The lowest BCUT2D eigenvalue weighted by Crippen LogP contribution is -2.18. The summed E-state index contributed by atoms with van der Waals surface area (Å²) in [7, 11) is 0. The standard InChI is InChI=1S/C13H14BrN3O2/c1-13(2,3)12-15-10(11(18)19)16-17(12)9-6-4-8(14)5-7-9/h4-7H,1-3H3,(H,18,19). The molecule has 0 aliphatic carbocycles. The molecule has 1 aromatic heterocycles. The SMILES string of the molecule is CC(C)(C)c1nc(C(=O)O)nn1-c1ccc(Br)cc1. The van der Waals surface area contributed by atoms with Gasteiger partial charge in [-0.05, 0) is 24.3 Å². The Balaban J connectivity index is 2.61. The molecule has 0 bridgehead atoms. The van der Waals surface area contributed by atoms with E-state index in [4.69, 9.17) is 5.11 Å². The third-order valence-electron chi connectivity index (χ3n) is 2.54. The van der Waals surface area contributed by atoms with Crippen LogP contribution < -0.4 is 0 Å². The number of aromatic carboxylic acids is 1. The molecule has 5 nitrogen and oxygen atoms in total. The maximum absolute atomic E-state index is 11.0. The molecule has 0 unspecified atom stereocenters. The monoisotopic (exact) mass is 323 g/mol. The molecule has 2 aromatic rings. The Hall–Kier alpha value is -1.69. The number of carboxylic acid groups (broad SMARTS) is 1. The van der Waals surface area contributed by atoms with Crippen molar-refractivity contribution in [1.29, 1.82) is 0 Å². The molecular weight excluding hydrogens is 310 g/mol. The van der Waals surface area contributed by atoms with E-state index < -0.39 is 5.97 Å². The Kier molecular flexibility index (Phi) is 3.45. The molecule has 0 atom stereocenters. The molecule has 19 heavy (non-hydrogen) atoms. The van der Waals surface area contributed by atoms with Crippen molar-refractivity contribution in [1.82, 2.24) is 14.8 Å². The van der Waals surface area contributed by atoms with Crippen LogP contribution in [0.1, 0.15) is 37.2 Å². The van der Waals surface area contributed by atoms with Crippen LogP contribution in [0.15, 0.2) is 28.7 Å². The van der Waals surface area contributed by atoms with E-state index in [0.717, 1.165) is 10.2 Å². The maximum atomic E-state index is 11.0. The predicted molar refractivity (Wildman–Crippen MR) is 74.7 cm³/mol. The number of hydrogen-bond donors (Lipinski definition) is 1. The van der Waals surface area contributed by atoms with Crippen LogP contribution in [-0.2, 0) is 5.41 Å². The van der Waals surface area contributed by atoms with Crippen molar-refractivity contribution in [3.63, 3.8) is 0 Å². The maximum Gasteiger partial charge on any atom is 0.375 e. The van der Waals surface area contributed by atoms with Crippen molar-refractivity contribution in [3.8, 4) is 5.69 Å². The van der Waals surface area contributed by atoms with Gasteiger partial charge >= 0.3 is 5.97 Å². The molecule has 0 radical (unpaired) electrons. The van der Waals surface area contributed by atoms with E-state index in [1.165, 1.54) is 0 Å². The highest BCUT2D eigenvalue weighted by Crippen LogP contribution is 2.24. The van der Waals surface area contributed by atoms with Crippen molar-refractivity contribution in [3.05, 3.63) is 40.4 Å². The highest BCUT2D eigenvalue weighted by molar-refractivity contribution is 9.10. The molecule has 0 saturated heterocycles.